The Morgan fingerprint density at radius 3 is 2.94 bits per heavy atom. The molecule has 18 heavy (non-hydrogen) atoms. The Bertz CT molecular complexity index is 280. The Labute approximate surface area is 112 Å². The zero-order valence-corrected chi connectivity index (χ0v) is 11.6. The highest BCUT2D eigenvalue weighted by Crippen LogP contribution is 2.10. The van der Waals surface area contributed by atoms with Gasteiger partial charge in [0, 0.05) is 37.1 Å². The molecule has 5 nitrogen and oxygen atoms in total. The van der Waals surface area contributed by atoms with Crippen molar-refractivity contribution in [2.45, 2.75) is 32.2 Å². The summed E-state index contributed by atoms with van der Waals surface area (Å²) in [4.78, 5) is 22.2. The first-order valence-corrected chi connectivity index (χ1v) is 7.55. The molecule has 1 rings (SSSR count). The third kappa shape index (κ3) is 6.26. The van der Waals surface area contributed by atoms with Gasteiger partial charge in [-0.15, -0.1) is 0 Å². The van der Waals surface area contributed by atoms with Crippen molar-refractivity contribution in [3.05, 3.63) is 0 Å². The molecule has 0 aromatic carbocycles. The molecule has 2 atom stereocenters. The third-order valence-electron chi connectivity index (χ3n) is 2.99. The van der Waals surface area contributed by atoms with Crippen LogP contribution in [0.25, 0.3) is 0 Å². The summed E-state index contributed by atoms with van der Waals surface area (Å²) in [6, 6.07) is 0.279. The topological polar surface area (TPSA) is 78.4 Å². The molecule has 6 heteroatoms. The van der Waals surface area contributed by atoms with E-state index in [-0.39, 0.29) is 17.9 Å². The number of amides is 1. The Kier molecular flexibility index (Phi) is 7.12. The molecule has 1 aliphatic heterocycles. The first-order chi connectivity index (χ1) is 8.59. The van der Waals surface area contributed by atoms with Crippen LogP contribution in [0.2, 0.25) is 0 Å². The van der Waals surface area contributed by atoms with Crippen molar-refractivity contribution in [3.63, 3.8) is 0 Å². The average molecular weight is 274 g/mol. The van der Waals surface area contributed by atoms with E-state index in [9.17, 15) is 9.59 Å². The molecule has 0 aliphatic carbocycles. The van der Waals surface area contributed by atoms with Crippen LogP contribution in [0.1, 0.15) is 26.2 Å². The van der Waals surface area contributed by atoms with E-state index < -0.39 is 5.97 Å². The molecule has 2 unspecified atom stereocenters. The van der Waals surface area contributed by atoms with Gasteiger partial charge in [-0.2, -0.15) is 11.8 Å². The van der Waals surface area contributed by atoms with Gasteiger partial charge >= 0.3 is 5.97 Å². The van der Waals surface area contributed by atoms with Gasteiger partial charge in [0.1, 0.15) is 0 Å². The fraction of sp³-hybridized carbons (Fsp3) is 0.833. The lowest BCUT2D eigenvalue weighted by Gasteiger charge is -2.22. The van der Waals surface area contributed by atoms with Crippen molar-refractivity contribution < 1.29 is 14.7 Å². The Balaban J connectivity index is 2.04. The second-order valence-electron chi connectivity index (χ2n) is 4.66. The third-order valence-corrected chi connectivity index (χ3v) is 4.12. The van der Waals surface area contributed by atoms with E-state index in [4.69, 9.17) is 5.11 Å². The maximum Gasteiger partial charge on any atom is 0.306 e. The molecule has 0 aromatic rings. The average Bonchev–Trinajstić information content (AvgIpc) is 2.35. The molecule has 1 fully saturated rings. The molecule has 0 spiro atoms. The minimum atomic E-state index is -0.773. The van der Waals surface area contributed by atoms with Crippen LogP contribution in [0.4, 0.5) is 0 Å². The lowest BCUT2D eigenvalue weighted by atomic mass is 10.1. The van der Waals surface area contributed by atoms with Crippen LogP contribution in [0, 0.1) is 5.92 Å². The van der Waals surface area contributed by atoms with Gasteiger partial charge in [-0.25, -0.2) is 0 Å². The highest BCUT2D eigenvalue weighted by Gasteiger charge is 2.16. The minimum absolute atomic E-state index is 0.0537. The standard InChI is InChI=1S/C12H22N2O3S/c1-9(12(16)17)3-2-4-14-11(15)7-10-8-18-6-5-13-10/h9-10,13H,2-8H2,1H3,(H,14,15)(H,16,17). The molecule has 0 radical (unpaired) electrons. The summed E-state index contributed by atoms with van der Waals surface area (Å²) in [5.41, 5.74) is 0. The predicted molar refractivity (Wildman–Crippen MR) is 72.8 cm³/mol. The molecule has 3 N–H and O–H groups in total. The van der Waals surface area contributed by atoms with Crippen molar-refractivity contribution >= 4 is 23.6 Å². The summed E-state index contributed by atoms with van der Waals surface area (Å²) in [7, 11) is 0. The summed E-state index contributed by atoms with van der Waals surface area (Å²) >= 11 is 1.87. The summed E-state index contributed by atoms with van der Waals surface area (Å²) in [5, 5.41) is 14.9. The number of thioether (sulfide) groups is 1. The second kappa shape index (κ2) is 8.37. The molecule has 1 amide bonds. The zero-order chi connectivity index (χ0) is 13.4. The van der Waals surface area contributed by atoms with Crippen LogP contribution < -0.4 is 10.6 Å². The van der Waals surface area contributed by atoms with Crippen LogP contribution >= 0.6 is 11.8 Å². The second-order valence-corrected chi connectivity index (χ2v) is 5.81. The quantitative estimate of drug-likeness (QED) is 0.596. The predicted octanol–water partition coefficient (Wildman–Crippen LogP) is 0.699. The van der Waals surface area contributed by atoms with Gasteiger partial charge in [-0.1, -0.05) is 6.92 Å². The van der Waals surface area contributed by atoms with Gasteiger partial charge in [-0.05, 0) is 12.8 Å². The Morgan fingerprint density at radius 2 is 2.33 bits per heavy atom. The van der Waals surface area contributed by atoms with Gasteiger partial charge in [0.25, 0.3) is 0 Å². The van der Waals surface area contributed by atoms with Crippen molar-refractivity contribution in [2.24, 2.45) is 5.92 Å². The fourth-order valence-corrected chi connectivity index (χ4v) is 2.76. The summed E-state index contributed by atoms with van der Waals surface area (Å²) in [5.74, 6) is 1.05. The molecular weight excluding hydrogens is 252 g/mol. The number of rotatable bonds is 7. The van der Waals surface area contributed by atoms with Gasteiger partial charge in [0.05, 0.1) is 5.92 Å². The maximum absolute atomic E-state index is 11.6. The highest BCUT2D eigenvalue weighted by atomic mass is 32.2. The van der Waals surface area contributed by atoms with E-state index in [0.717, 1.165) is 18.1 Å². The minimum Gasteiger partial charge on any atom is -0.481 e. The van der Waals surface area contributed by atoms with Crippen molar-refractivity contribution in [1.29, 1.82) is 0 Å². The fourth-order valence-electron chi connectivity index (χ4n) is 1.81. The first kappa shape index (κ1) is 15.3. The molecule has 1 saturated heterocycles. The van der Waals surface area contributed by atoms with Crippen LogP contribution in [0.15, 0.2) is 0 Å². The Morgan fingerprint density at radius 1 is 1.56 bits per heavy atom. The summed E-state index contributed by atoms with van der Waals surface area (Å²) in [6.07, 6.45) is 1.83. The van der Waals surface area contributed by atoms with E-state index >= 15 is 0 Å². The van der Waals surface area contributed by atoms with E-state index in [1.54, 1.807) is 6.92 Å². The largest absolute Gasteiger partial charge is 0.481 e. The lowest BCUT2D eigenvalue weighted by molar-refractivity contribution is -0.141. The van der Waals surface area contributed by atoms with Crippen molar-refractivity contribution in [2.75, 3.05) is 24.6 Å². The van der Waals surface area contributed by atoms with Crippen LogP contribution in [-0.2, 0) is 9.59 Å². The highest BCUT2D eigenvalue weighted by molar-refractivity contribution is 7.99. The van der Waals surface area contributed by atoms with Gasteiger partial charge in [0.2, 0.25) is 5.91 Å². The molecule has 1 aliphatic rings. The number of nitrogens with one attached hydrogen (secondary N) is 2. The van der Waals surface area contributed by atoms with Crippen LogP contribution in [0.5, 0.6) is 0 Å². The van der Waals surface area contributed by atoms with E-state index in [2.05, 4.69) is 10.6 Å². The van der Waals surface area contributed by atoms with Crippen LogP contribution in [0.3, 0.4) is 0 Å². The molecule has 0 aromatic heterocycles. The monoisotopic (exact) mass is 274 g/mol. The maximum atomic E-state index is 11.6. The zero-order valence-electron chi connectivity index (χ0n) is 10.8. The molecule has 0 bridgehead atoms. The SMILES string of the molecule is CC(CCCNC(=O)CC1CSCCN1)C(=O)O. The summed E-state index contributed by atoms with van der Waals surface area (Å²) < 4.78 is 0. The van der Waals surface area contributed by atoms with E-state index in [0.29, 0.717) is 25.8 Å². The number of carboxylic acid groups (broad SMARTS) is 1. The molecular formula is C12H22N2O3S. The van der Waals surface area contributed by atoms with Crippen LogP contribution in [-0.4, -0.2) is 47.6 Å². The lowest BCUT2D eigenvalue weighted by Crippen LogP contribution is -2.41. The number of carbonyl (C=O) groups excluding carboxylic acids is 1. The number of carboxylic acids is 1. The van der Waals surface area contributed by atoms with Crippen molar-refractivity contribution in [1.82, 2.24) is 10.6 Å². The number of hydrogen-bond acceptors (Lipinski definition) is 4. The number of carbonyl (C=O) groups is 2. The number of aliphatic carboxylic acids is 1. The van der Waals surface area contributed by atoms with Gasteiger partial charge in [-0.3, -0.25) is 9.59 Å². The Hall–Kier alpha value is -0.750. The van der Waals surface area contributed by atoms with Gasteiger partial charge in [0.15, 0.2) is 0 Å². The summed E-state index contributed by atoms with van der Waals surface area (Å²) in [6.45, 7) is 3.22. The molecule has 1 heterocycles. The van der Waals surface area contributed by atoms with Crippen molar-refractivity contribution in [3.8, 4) is 0 Å². The first-order valence-electron chi connectivity index (χ1n) is 6.40. The molecule has 104 valence electrons. The smallest absolute Gasteiger partial charge is 0.306 e. The van der Waals surface area contributed by atoms with E-state index in [1.165, 1.54) is 0 Å². The van der Waals surface area contributed by atoms with Gasteiger partial charge < -0.3 is 15.7 Å². The normalized spacial score (nSPS) is 21.3. The number of hydrogen-bond donors (Lipinski definition) is 3. The molecule has 0 saturated carbocycles. The van der Waals surface area contributed by atoms with E-state index in [1.807, 2.05) is 11.8 Å².